The van der Waals surface area contributed by atoms with Gasteiger partial charge >= 0.3 is 0 Å². The number of anilines is 1. The zero-order valence-electron chi connectivity index (χ0n) is 36.8. The second kappa shape index (κ2) is 25.4. The molecule has 1 N–H and O–H groups in total. The summed E-state index contributed by atoms with van der Waals surface area (Å²) in [6, 6.07) is 26.4. The van der Waals surface area contributed by atoms with Gasteiger partial charge in [0, 0.05) is 31.9 Å². The van der Waals surface area contributed by atoms with Gasteiger partial charge in [0.05, 0.1) is 32.5 Å². The van der Waals surface area contributed by atoms with Crippen molar-refractivity contribution in [2.75, 3.05) is 52.8 Å². The summed E-state index contributed by atoms with van der Waals surface area (Å²) in [6.07, 6.45) is 4.60. The highest BCUT2D eigenvalue weighted by Crippen LogP contribution is 2.22. The van der Waals surface area contributed by atoms with Crippen molar-refractivity contribution < 1.29 is 40.5 Å². The van der Waals surface area contributed by atoms with Gasteiger partial charge in [-0.25, -0.2) is 21.2 Å². The third-order valence-electron chi connectivity index (χ3n) is 9.44. The van der Waals surface area contributed by atoms with Crippen molar-refractivity contribution in [3.8, 4) is 0 Å². The molecule has 0 unspecified atom stereocenters. The van der Waals surface area contributed by atoms with Crippen LogP contribution in [0, 0.1) is 5.82 Å². The summed E-state index contributed by atoms with van der Waals surface area (Å²) in [6.45, 7) is 11.7. The first kappa shape index (κ1) is 50.9. The largest absolute Gasteiger partial charge is 0.399 e. The van der Waals surface area contributed by atoms with Crippen LogP contribution in [0.5, 0.6) is 0 Å². The standard InChI is InChI=1S/C16H15FN2O2.C15H24N2O3S.C14H20N2O3S/c1-11(19-21-2)12-7-9-13(10-8-12)18-16(20)14-5-3-4-6-15(14)17;1-5-11-17(12-6-2)21(18,19)15-9-7-14(8-10-15)13(3)16-20-4;1-12(15-19-2)13-6-8-14(9-7-13)20(17,18)16-10-4-3-5-11-16/h3-10H,1-2H3,(H,18,20);7-10H,5-6,11-12H2,1-4H3;6-9H,3-5,10-11H2,1-2H3. The molecule has 0 aliphatic carbocycles. The molecule has 1 amide bonds. The minimum atomic E-state index is -3.42. The summed E-state index contributed by atoms with van der Waals surface area (Å²) in [5, 5.41) is 14.1. The molecule has 62 heavy (non-hydrogen) atoms. The van der Waals surface area contributed by atoms with Crippen LogP contribution in [-0.4, -0.2) is 96.0 Å². The van der Waals surface area contributed by atoms with Crippen molar-refractivity contribution in [2.45, 2.75) is 76.5 Å². The van der Waals surface area contributed by atoms with Gasteiger partial charge < -0.3 is 19.8 Å². The second-order valence-electron chi connectivity index (χ2n) is 14.0. The van der Waals surface area contributed by atoms with Gasteiger partial charge in [-0.3, -0.25) is 4.79 Å². The fourth-order valence-electron chi connectivity index (χ4n) is 6.20. The van der Waals surface area contributed by atoms with E-state index in [0.29, 0.717) is 47.4 Å². The number of nitrogens with zero attached hydrogens (tertiary/aromatic N) is 5. The van der Waals surface area contributed by atoms with Crippen LogP contribution in [0.4, 0.5) is 10.1 Å². The number of amides is 1. The van der Waals surface area contributed by atoms with Gasteiger partial charge in [-0.05, 0) is 112 Å². The van der Waals surface area contributed by atoms with Crippen LogP contribution in [0.15, 0.2) is 122 Å². The van der Waals surface area contributed by atoms with Gasteiger partial charge in [0.1, 0.15) is 27.1 Å². The number of benzene rings is 4. The van der Waals surface area contributed by atoms with Crippen LogP contribution >= 0.6 is 0 Å². The van der Waals surface area contributed by atoms with Crippen molar-refractivity contribution in [1.82, 2.24) is 8.61 Å². The Bertz CT molecular complexity index is 2330. The summed E-state index contributed by atoms with van der Waals surface area (Å²) in [5.41, 5.74) is 5.31. The Morgan fingerprint density at radius 3 is 1.48 bits per heavy atom. The van der Waals surface area contributed by atoms with E-state index in [-0.39, 0.29) is 5.56 Å². The predicted molar refractivity (Wildman–Crippen MR) is 243 cm³/mol. The molecule has 0 saturated carbocycles. The number of sulfonamides is 2. The van der Waals surface area contributed by atoms with Gasteiger partial charge in [0.2, 0.25) is 20.0 Å². The molecule has 0 spiro atoms. The number of rotatable bonds is 16. The molecule has 1 fully saturated rings. The lowest BCUT2D eigenvalue weighted by Crippen LogP contribution is -2.35. The maximum atomic E-state index is 13.5. The van der Waals surface area contributed by atoms with Crippen LogP contribution in [0.1, 0.15) is 93.8 Å². The van der Waals surface area contributed by atoms with E-state index in [4.69, 9.17) is 14.5 Å². The van der Waals surface area contributed by atoms with E-state index in [2.05, 4.69) is 20.8 Å². The molecule has 0 atom stereocenters. The van der Waals surface area contributed by atoms with E-state index in [1.807, 2.05) is 34.6 Å². The van der Waals surface area contributed by atoms with Crippen LogP contribution in [0.25, 0.3) is 0 Å². The lowest BCUT2D eigenvalue weighted by Gasteiger charge is -2.25. The van der Waals surface area contributed by atoms with Crippen molar-refractivity contribution in [1.29, 1.82) is 0 Å². The van der Waals surface area contributed by atoms with Gasteiger partial charge in [0.25, 0.3) is 5.91 Å². The number of piperidine rings is 1. The average molecular weight is 895 g/mol. The van der Waals surface area contributed by atoms with E-state index in [9.17, 15) is 26.0 Å². The number of halogens is 1. The molecule has 1 aliphatic heterocycles. The number of hydrogen-bond donors (Lipinski definition) is 1. The van der Waals surface area contributed by atoms with Gasteiger partial charge in [-0.15, -0.1) is 0 Å². The van der Waals surface area contributed by atoms with Crippen LogP contribution < -0.4 is 5.32 Å². The summed E-state index contributed by atoms with van der Waals surface area (Å²) < 4.78 is 66.7. The van der Waals surface area contributed by atoms with Crippen molar-refractivity contribution >= 4 is 48.8 Å². The van der Waals surface area contributed by atoms with E-state index >= 15 is 0 Å². The van der Waals surface area contributed by atoms with Crippen LogP contribution in [0.3, 0.4) is 0 Å². The van der Waals surface area contributed by atoms with Crippen molar-refractivity contribution in [3.63, 3.8) is 0 Å². The Balaban J connectivity index is 0.000000248. The van der Waals surface area contributed by atoms with Gasteiger partial charge in [-0.2, -0.15) is 8.61 Å². The Kier molecular flexibility index (Phi) is 20.9. The fraction of sp³-hybridized carbons (Fsp3) is 0.378. The predicted octanol–water partition coefficient (Wildman–Crippen LogP) is 8.55. The molecule has 1 heterocycles. The first-order valence-corrected chi connectivity index (χ1v) is 23.1. The molecular weight excluding hydrogens is 836 g/mol. The first-order chi connectivity index (χ1) is 29.6. The Morgan fingerprint density at radius 1 is 0.645 bits per heavy atom. The monoisotopic (exact) mass is 894 g/mol. The smallest absolute Gasteiger partial charge is 0.258 e. The molecule has 14 nitrogen and oxygen atoms in total. The molecule has 4 aromatic rings. The third kappa shape index (κ3) is 14.9. The second-order valence-corrected chi connectivity index (χ2v) is 17.9. The van der Waals surface area contributed by atoms with Crippen molar-refractivity contribution in [2.24, 2.45) is 15.5 Å². The highest BCUT2D eigenvalue weighted by molar-refractivity contribution is 7.89. The zero-order valence-corrected chi connectivity index (χ0v) is 38.4. The van der Waals surface area contributed by atoms with Crippen molar-refractivity contribution in [3.05, 3.63) is 125 Å². The topological polar surface area (TPSA) is 169 Å². The van der Waals surface area contributed by atoms with E-state index in [1.165, 1.54) is 37.8 Å². The summed E-state index contributed by atoms with van der Waals surface area (Å²) in [5.74, 6) is -1.03. The summed E-state index contributed by atoms with van der Waals surface area (Å²) in [4.78, 5) is 26.8. The molecule has 5 rings (SSSR count). The molecule has 17 heteroatoms. The van der Waals surface area contributed by atoms with Gasteiger partial charge in [-0.1, -0.05) is 84.3 Å². The third-order valence-corrected chi connectivity index (χ3v) is 13.3. The van der Waals surface area contributed by atoms with E-state index < -0.39 is 31.8 Å². The fourth-order valence-corrected chi connectivity index (χ4v) is 9.34. The Hall–Kier alpha value is -5.49. The first-order valence-electron chi connectivity index (χ1n) is 20.2. The maximum absolute atomic E-state index is 13.5. The minimum absolute atomic E-state index is 0.0127. The van der Waals surface area contributed by atoms with E-state index in [1.54, 1.807) is 89.2 Å². The molecule has 0 radical (unpaired) electrons. The highest BCUT2D eigenvalue weighted by atomic mass is 32.2. The molecule has 0 bridgehead atoms. The number of carbonyl (C=O) groups is 1. The SMILES string of the molecule is CCCN(CCC)S(=O)(=O)c1ccc(C(C)=NOC)cc1.CON=C(C)c1ccc(NC(=O)c2ccccc2F)cc1.CON=C(C)c1ccc(S(=O)(=O)N2CCCCC2)cc1. The molecule has 4 aromatic carbocycles. The van der Waals surface area contributed by atoms with E-state index in [0.717, 1.165) is 60.2 Å². The number of hydrogen-bond acceptors (Lipinski definition) is 11. The number of oxime groups is 3. The molecule has 1 aliphatic rings. The van der Waals surface area contributed by atoms with Crippen LogP contribution in [-0.2, 0) is 34.6 Å². The summed E-state index contributed by atoms with van der Waals surface area (Å²) in [7, 11) is -2.33. The Morgan fingerprint density at radius 2 is 1.06 bits per heavy atom. The maximum Gasteiger partial charge on any atom is 0.258 e. The summed E-state index contributed by atoms with van der Waals surface area (Å²) >= 11 is 0. The zero-order chi connectivity index (χ0) is 45.7. The molecular formula is C45H59FN6O8S2. The molecule has 1 saturated heterocycles. The average Bonchev–Trinajstić information content (AvgIpc) is 3.28. The quantitative estimate of drug-likeness (QED) is 0.0862. The Labute approximate surface area is 366 Å². The highest BCUT2D eigenvalue weighted by Gasteiger charge is 2.26. The molecule has 336 valence electrons. The number of carbonyl (C=O) groups excluding carboxylic acids is 1. The normalized spacial score (nSPS) is 13.9. The van der Waals surface area contributed by atoms with Crippen LogP contribution in [0.2, 0.25) is 0 Å². The molecule has 0 aromatic heterocycles. The number of nitrogens with one attached hydrogen (secondary N) is 1. The lowest BCUT2D eigenvalue weighted by molar-refractivity contribution is 0.102. The lowest BCUT2D eigenvalue weighted by atomic mass is 10.1. The van der Waals surface area contributed by atoms with Gasteiger partial charge in [0.15, 0.2) is 0 Å². The minimum Gasteiger partial charge on any atom is -0.399 e.